The Morgan fingerprint density at radius 1 is 1.06 bits per heavy atom. The lowest BCUT2D eigenvalue weighted by atomic mass is 10.1. The fourth-order valence-electron chi connectivity index (χ4n) is 1.56. The molecule has 94 valence electrons. The molecule has 0 N–H and O–H groups in total. The number of hydrogen-bond acceptors (Lipinski definition) is 2. The van der Waals surface area contributed by atoms with Gasteiger partial charge in [-0.15, -0.1) is 0 Å². The zero-order valence-electron chi connectivity index (χ0n) is 9.18. The molecule has 0 atom stereocenters. The summed E-state index contributed by atoms with van der Waals surface area (Å²) in [5.74, 6) is -0.699. The van der Waals surface area contributed by atoms with E-state index in [1.54, 1.807) is 18.2 Å². The lowest BCUT2D eigenvalue weighted by molar-refractivity contribution is 0.379. The molecule has 0 amide bonds. The third-order valence-electron chi connectivity index (χ3n) is 2.39. The second-order valence-corrected chi connectivity index (χ2v) is 4.57. The molecule has 0 saturated heterocycles. The van der Waals surface area contributed by atoms with E-state index in [9.17, 15) is 4.39 Å². The highest BCUT2D eigenvalue weighted by Crippen LogP contribution is 2.41. The molecule has 0 aliphatic heterocycles. The normalized spacial score (nSPS) is 10.5. The molecule has 6 heteroatoms. The van der Waals surface area contributed by atoms with E-state index in [0.29, 0.717) is 16.1 Å². The van der Waals surface area contributed by atoms with Crippen LogP contribution >= 0.6 is 34.8 Å². The highest BCUT2D eigenvalue weighted by Gasteiger charge is 2.17. The van der Waals surface area contributed by atoms with Gasteiger partial charge in [-0.1, -0.05) is 40.9 Å². The van der Waals surface area contributed by atoms with Crippen molar-refractivity contribution in [3.63, 3.8) is 0 Å². The van der Waals surface area contributed by atoms with E-state index in [1.807, 2.05) is 0 Å². The van der Waals surface area contributed by atoms with Crippen molar-refractivity contribution >= 4 is 34.8 Å². The zero-order chi connectivity index (χ0) is 13.3. The molecule has 1 aromatic heterocycles. The molecule has 0 unspecified atom stereocenters. The molecule has 2 rings (SSSR count). The van der Waals surface area contributed by atoms with E-state index in [4.69, 9.17) is 39.5 Å². The summed E-state index contributed by atoms with van der Waals surface area (Å²) in [4.78, 5) is 3.51. The van der Waals surface area contributed by atoms with Crippen molar-refractivity contribution in [2.24, 2.45) is 0 Å². The topological polar surface area (TPSA) is 22.1 Å². The minimum Gasteiger partial charge on any atom is -0.491 e. The number of halogens is 4. The molecular formula is C12H7Cl3FNO. The van der Waals surface area contributed by atoms with E-state index in [1.165, 1.54) is 13.3 Å². The smallest absolute Gasteiger partial charge is 0.255 e. The van der Waals surface area contributed by atoms with Crippen LogP contribution in [0.25, 0.3) is 11.1 Å². The Bertz CT molecular complexity index is 604. The number of rotatable bonds is 2. The Labute approximate surface area is 118 Å². The van der Waals surface area contributed by atoms with Gasteiger partial charge in [0.1, 0.15) is 0 Å². The summed E-state index contributed by atoms with van der Waals surface area (Å²) in [7, 11) is 1.36. The summed E-state index contributed by atoms with van der Waals surface area (Å²) in [6.45, 7) is 0. The maximum absolute atomic E-state index is 13.5. The van der Waals surface area contributed by atoms with Gasteiger partial charge in [-0.3, -0.25) is 0 Å². The summed E-state index contributed by atoms with van der Waals surface area (Å²) in [5, 5.41) is 0.794. The SMILES string of the molecule is COc1c(-c2ccc(Cl)c(Cl)c2Cl)ccnc1F. The van der Waals surface area contributed by atoms with Gasteiger partial charge in [0.25, 0.3) is 5.95 Å². The largest absolute Gasteiger partial charge is 0.491 e. The highest BCUT2D eigenvalue weighted by molar-refractivity contribution is 6.49. The van der Waals surface area contributed by atoms with Crippen LogP contribution in [0, 0.1) is 5.95 Å². The van der Waals surface area contributed by atoms with Crippen LogP contribution in [0.15, 0.2) is 24.4 Å². The Balaban J connectivity index is 2.70. The second kappa shape index (κ2) is 5.31. The molecule has 1 aromatic carbocycles. The quantitative estimate of drug-likeness (QED) is 0.584. The number of hydrogen-bond donors (Lipinski definition) is 0. The molecule has 0 spiro atoms. The first-order valence-electron chi connectivity index (χ1n) is 4.88. The average molecular weight is 307 g/mol. The molecule has 0 fully saturated rings. The molecule has 0 aliphatic carbocycles. The molecule has 1 heterocycles. The van der Waals surface area contributed by atoms with Crippen molar-refractivity contribution in [3.05, 3.63) is 45.4 Å². The van der Waals surface area contributed by atoms with Gasteiger partial charge in [0.2, 0.25) is 0 Å². The maximum atomic E-state index is 13.5. The van der Waals surface area contributed by atoms with Crippen LogP contribution < -0.4 is 4.74 Å². The van der Waals surface area contributed by atoms with Crippen molar-refractivity contribution in [1.29, 1.82) is 0 Å². The Hall–Kier alpha value is -1.03. The molecule has 0 bridgehead atoms. The van der Waals surface area contributed by atoms with Crippen LogP contribution in [-0.2, 0) is 0 Å². The van der Waals surface area contributed by atoms with Crippen molar-refractivity contribution in [3.8, 4) is 16.9 Å². The van der Waals surface area contributed by atoms with E-state index in [0.717, 1.165) is 0 Å². The summed E-state index contributed by atoms with van der Waals surface area (Å²) in [6, 6.07) is 4.82. The first kappa shape index (κ1) is 13.4. The van der Waals surface area contributed by atoms with E-state index in [-0.39, 0.29) is 15.8 Å². The van der Waals surface area contributed by atoms with E-state index in [2.05, 4.69) is 4.98 Å². The summed E-state index contributed by atoms with van der Waals surface area (Å²) in [6.07, 6.45) is 1.33. The summed E-state index contributed by atoms with van der Waals surface area (Å²) < 4.78 is 18.5. The minimum atomic E-state index is -0.711. The molecule has 2 nitrogen and oxygen atoms in total. The standard InChI is InChI=1S/C12H7Cl3FNO/c1-18-11-7(4-5-17-12(11)16)6-2-3-8(13)10(15)9(6)14/h2-5H,1H3. The Morgan fingerprint density at radius 3 is 2.44 bits per heavy atom. The summed E-state index contributed by atoms with van der Waals surface area (Å²) in [5.41, 5.74) is 0.998. The third kappa shape index (κ3) is 2.26. The number of ether oxygens (including phenoxy) is 1. The predicted octanol–water partition coefficient (Wildman–Crippen LogP) is 4.86. The van der Waals surface area contributed by atoms with Crippen LogP contribution in [0.1, 0.15) is 0 Å². The van der Waals surface area contributed by atoms with Crippen molar-refractivity contribution in [1.82, 2.24) is 4.98 Å². The first-order chi connectivity index (χ1) is 8.56. The van der Waals surface area contributed by atoms with E-state index < -0.39 is 5.95 Å². The summed E-state index contributed by atoms with van der Waals surface area (Å²) >= 11 is 17.9. The maximum Gasteiger partial charge on any atom is 0.255 e. The van der Waals surface area contributed by atoms with Crippen molar-refractivity contribution in [2.75, 3.05) is 7.11 Å². The van der Waals surface area contributed by atoms with Crippen LogP contribution in [0.5, 0.6) is 5.75 Å². The Kier molecular flexibility index (Phi) is 3.95. The van der Waals surface area contributed by atoms with Crippen LogP contribution in [0.2, 0.25) is 15.1 Å². The Morgan fingerprint density at radius 2 is 1.78 bits per heavy atom. The average Bonchev–Trinajstić information content (AvgIpc) is 2.36. The van der Waals surface area contributed by atoms with E-state index >= 15 is 0 Å². The zero-order valence-corrected chi connectivity index (χ0v) is 11.4. The highest BCUT2D eigenvalue weighted by atomic mass is 35.5. The lowest BCUT2D eigenvalue weighted by Crippen LogP contribution is -1.95. The number of benzene rings is 1. The van der Waals surface area contributed by atoms with Gasteiger partial charge in [0, 0.05) is 17.3 Å². The second-order valence-electron chi connectivity index (χ2n) is 3.41. The molecule has 0 radical (unpaired) electrons. The van der Waals surface area contributed by atoms with Gasteiger partial charge in [0.15, 0.2) is 5.75 Å². The van der Waals surface area contributed by atoms with Gasteiger partial charge >= 0.3 is 0 Å². The van der Waals surface area contributed by atoms with Gasteiger partial charge in [-0.25, -0.2) is 4.98 Å². The monoisotopic (exact) mass is 305 g/mol. The molecule has 0 saturated carbocycles. The lowest BCUT2D eigenvalue weighted by Gasteiger charge is -2.11. The molecular weight excluding hydrogens is 299 g/mol. The van der Waals surface area contributed by atoms with Gasteiger partial charge in [0.05, 0.1) is 22.2 Å². The van der Waals surface area contributed by atoms with Crippen LogP contribution in [-0.4, -0.2) is 12.1 Å². The molecule has 0 aliphatic rings. The predicted molar refractivity (Wildman–Crippen MR) is 71.2 cm³/mol. The number of nitrogens with zero attached hydrogens (tertiary/aromatic N) is 1. The fraction of sp³-hybridized carbons (Fsp3) is 0.0833. The third-order valence-corrected chi connectivity index (χ3v) is 3.68. The minimum absolute atomic E-state index is 0.0118. The molecule has 2 aromatic rings. The number of methoxy groups -OCH3 is 1. The van der Waals surface area contributed by atoms with Crippen molar-refractivity contribution in [2.45, 2.75) is 0 Å². The number of aromatic nitrogens is 1. The molecule has 18 heavy (non-hydrogen) atoms. The van der Waals surface area contributed by atoms with Crippen LogP contribution in [0.3, 0.4) is 0 Å². The van der Waals surface area contributed by atoms with Crippen LogP contribution in [0.4, 0.5) is 4.39 Å². The fourth-order valence-corrected chi connectivity index (χ4v) is 2.20. The first-order valence-corrected chi connectivity index (χ1v) is 6.02. The van der Waals surface area contributed by atoms with Gasteiger partial charge in [-0.2, -0.15) is 4.39 Å². The number of pyridine rings is 1. The van der Waals surface area contributed by atoms with Crippen molar-refractivity contribution < 1.29 is 9.13 Å². The van der Waals surface area contributed by atoms with Gasteiger partial charge in [-0.05, 0) is 12.1 Å². The van der Waals surface area contributed by atoms with Gasteiger partial charge < -0.3 is 4.74 Å².